The fourth-order valence-electron chi connectivity index (χ4n) is 2.48. The number of hydrogen-bond acceptors (Lipinski definition) is 4. The molecule has 1 aromatic rings. The average Bonchev–Trinajstić information content (AvgIpc) is 2.37. The van der Waals surface area contributed by atoms with Crippen LogP contribution in [0.2, 0.25) is 0 Å². The van der Waals surface area contributed by atoms with Crippen LogP contribution in [-0.2, 0) is 6.54 Å². The summed E-state index contributed by atoms with van der Waals surface area (Å²) in [6.07, 6.45) is 3.79. The highest BCUT2D eigenvalue weighted by molar-refractivity contribution is 5.42. The fourth-order valence-corrected chi connectivity index (χ4v) is 2.48. The number of benzene rings is 1. The van der Waals surface area contributed by atoms with Crippen molar-refractivity contribution in [2.45, 2.75) is 31.8 Å². The normalized spacial score (nSPS) is 15.4. The van der Waals surface area contributed by atoms with Gasteiger partial charge in [-0.1, -0.05) is 12.5 Å². The highest BCUT2D eigenvalue weighted by Crippen LogP contribution is 2.30. The maximum Gasteiger partial charge on any atom is 0.161 e. The van der Waals surface area contributed by atoms with Crippen LogP contribution in [0.5, 0.6) is 11.5 Å². The van der Waals surface area contributed by atoms with Gasteiger partial charge >= 0.3 is 0 Å². The molecule has 0 heterocycles. The van der Waals surface area contributed by atoms with Crippen LogP contribution in [-0.4, -0.2) is 43.4 Å². The van der Waals surface area contributed by atoms with Crippen LogP contribution in [0.25, 0.3) is 0 Å². The predicted molar refractivity (Wildman–Crippen MR) is 74.7 cm³/mol. The van der Waals surface area contributed by atoms with Crippen molar-refractivity contribution >= 4 is 0 Å². The Hall–Kier alpha value is -1.26. The molecule has 0 spiro atoms. The van der Waals surface area contributed by atoms with Crippen molar-refractivity contribution in [3.8, 4) is 11.5 Å². The fraction of sp³-hybridized carbons (Fsp3) is 0.600. The van der Waals surface area contributed by atoms with Crippen molar-refractivity contribution < 1.29 is 14.6 Å². The summed E-state index contributed by atoms with van der Waals surface area (Å²) in [6.45, 7) is 1.80. The summed E-state index contributed by atoms with van der Waals surface area (Å²) in [5.41, 5.74) is 1.19. The molecule has 0 atom stereocenters. The second kappa shape index (κ2) is 6.78. The monoisotopic (exact) mass is 265 g/mol. The molecule has 1 saturated carbocycles. The summed E-state index contributed by atoms with van der Waals surface area (Å²) < 4.78 is 10.6. The van der Waals surface area contributed by atoms with Crippen molar-refractivity contribution in [3.63, 3.8) is 0 Å². The van der Waals surface area contributed by atoms with Gasteiger partial charge in [0.15, 0.2) is 11.5 Å². The lowest BCUT2D eigenvalue weighted by Gasteiger charge is -2.37. The van der Waals surface area contributed by atoms with E-state index < -0.39 is 0 Å². The molecule has 0 saturated heterocycles. The van der Waals surface area contributed by atoms with Crippen molar-refractivity contribution in [1.29, 1.82) is 0 Å². The van der Waals surface area contributed by atoms with Gasteiger partial charge in [0, 0.05) is 19.1 Å². The van der Waals surface area contributed by atoms with Gasteiger partial charge in [0.2, 0.25) is 0 Å². The summed E-state index contributed by atoms with van der Waals surface area (Å²) in [5.74, 6) is 1.51. The Bertz CT molecular complexity index is 404. The lowest BCUT2D eigenvalue weighted by Crippen LogP contribution is -2.41. The third kappa shape index (κ3) is 3.39. The second-order valence-corrected chi connectivity index (χ2v) is 4.97. The summed E-state index contributed by atoms with van der Waals surface area (Å²) in [5, 5.41) is 9.18. The molecule has 4 nitrogen and oxygen atoms in total. The molecule has 2 rings (SSSR count). The molecule has 1 aliphatic carbocycles. The highest BCUT2D eigenvalue weighted by Gasteiger charge is 2.24. The van der Waals surface area contributed by atoms with Crippen LogP contribution in [0, 0.1) is 0 Å². The van der Waals surface area contributed by atoms with Gasteiger partial charge in [-0.15, -0.1) is 0 Å². The van der Waals surface area contributed by atoms with Gasteiger partial charge in [-0.25, -0.2) is 0 Å². The molecule has 1 fully saturated rings. The Labute approximate surface area is 114 Å². The summed E-state index contributed by atoms with van der Waals surface area (Å²) in [4.78, 5) is 2.35. The topological polar surface area (TPSA) is 41.9 Å². The Morgan fingerprint density at radius 2 is 1.95 bits per heavy atom. The quantitative estimate of drug-likeness (QED) is 0.819. The molecule has 1 N–H and O–H groups in total. The lowest BCUT2D eigenvalue weighted by molar-refractivity contribution is 0.0945. The lowest BCUT2D eigenvalue weighted by atomic mass is 9.91. The number of nitrogens with zero attached hydrogens (tertiary/aromatic N) is 1. The third-order valence-corrected chi connectivity index (χ3v) is 3.81. The molecule has 0 aliphatic heterocycles. The zero-order valence-corrected chi connectivity index (χ0v) is 11.8. The van der Waals surface area contributed by atoms with Gasteiger partial charge < -0.3 is 14.6 Å². The van der Waals surface area contributed by atoms with Crippen molar-refractivity contribution in [3.05, 3.63) is 23.8 Å². The molecule has 19 heavy (non-hydrogen) atoms. The standard InChI is InChI=1S/C15H23NO3/c1-18-14-7-6-12(10-15(14)19-2)11-16(8-9-17)13-4-3-5-13/h6-7,10,13,17H,3-5,8-9,11H2,1-2H3. The third-order valence-electron chi connectivity index (χ3n) is 3.81. The van der Waals surface area contributed by atoms with Gasteiger partial charge in [0.1, 0.15) is 0 Å². The zero-order chi connectivity index (χ0) is 13.7. The van der Waals surface area contributed by atoms with E-state index in [-0.39, 0.29) is 6.61 Å². The Morgan fingerprint density at radius 1 is 1.21 bits per heavy atom. The van der Waals surface area contributed by atoms with E-state index >= 15 is 0 Å². The summed E-state index contributed by atoms with van der Waals surface area (Å²) in [7, 11) is 3.29. The molecule has 0 aromatic heterocycles. The largest absolute Gasteiger partial charge is 0.493 e. The summed E-state index contributed by atoms with van der Waals surface area (Å²) >= 11 is 0. The van der Waals surface area contributed by atoms with E-state index in [1.54, 1.807) is 14.2 Å². The van der Waals surface area contributed by atoms with Crippen LogP contribution in [0.1, 0.15) is 24.8 Å². The average molecular weight is 265 g/mol. The van der Waals surface area contributed by atoms with Gasteiger partial charge in [-0.3, -0.25) is 4.90 Å². The minimum atomic E-state index is 0.212. The van der Waals surface area contributed by atoms with Gasteiger partial charge in [-0.05, 0) is 30.5 Å². The maximum absolute atomic E-state index is 9.18. The van der Waals surface area contributed by atoms with E-state index in [2.05, 4.69) is 11.0 Å². The van der Waals surface area contributed by atoms with Gasteiger partial charge in [0.25, 0.3) is 0 Å². The van der Waals surface area contributed by atoms with Gasteiger partial charge in [-0.2, -0.15) is 0 Å². The molecule has 0 bridgehead atoms. The first-order chi connectivity index (χ1) is 9.28. The molecule has 1 aromatic carbocycles. The van der Waals surface area contributed by atoms with Crippen LogP contribution in [0.3, 0.4) is 0 Å². The highest BCUT2D eigenvalue weighted by atomic mass is 16.5. The smallest absolute Gasteiger partial charge is 0.161 e. The first kappa shape index (κ1) is 14.2. The Balaban J connectivity index is 2.07. The first-order valence-electron chi connectivity index (χ1n) is 6.84. The SMILES string of the molecule is COc1ccc(CN(CCO)C2CCC2)cc1OC. The number of rotatable bonds is 7. The van der Waals surface area contributed by atoms with Crippen LogP contribution >= 0.6 is 0 Å². The van der Waals surface area contributed by atoms with E-state index in [0.29, 0.717) is 6.04 Å². The van der Waals surface area contributed by atoms with Crippen LogP contribution < -0.4 is 9.47 Å². The molecular weight excluding hydrogens is 242 g/mol. The molecular formula is C15H23NO3. The number of methoxy groups -OCH3 is 2. The van der Waals surface area contributed by atoms with E-state index in [1.165, 1.54) is 24.8 Å². The second-order valence-electron chi connectivity index (χ2n) is 4.97. The minimum absolute atomic E-state index is 0.212. The van der Waals surface area contributed by atoms with Crippen molar-refractivity contribution in [1.82, 2.24) is 4.90 Å². The number of ether oxygens (including phenoxy) is 2. The molecule has 1 aliphatic rings. The molecule has 0 amide bonds. The molecule has 0 unspecified atom stereocenters. The number of hydrogen-bond donors (Lipinski definition) is 1. The van der Waals surface area contributed by atoms with Crippen molar-refractivity contribution in [2.24, 2.45) is 0 Å². The Kier molecular flexibility index (Phi) is 5.05. The van der Waals surface area contributed by atoms with Crippen molar-refractivity contribution in [2.75, 3.05) is 27.4 Å². The van der Waals surface area contributed by atoms with E-state index in [0.717, 1.165) is 24.6 Å². The maximum atomic E-state index is 9.18. The predicted octanol–water partition coefficient (Wildman–Crippen LogP) is 2.05. The summed E-state index contributed by atoms with van der Waals surface area (Å²) in [6, 6.07) is 6.64. The van der Waals surface area contributed by atoms with Crippen LogP contribution in [0.4, 0.5) is 0 Å². The molecule has 106 valence electrons. The Morgan fingerprint density at radius 3 is 2.47 bits per heavy atom. The molecule has 0 radical (unpaired) electrons. The van der Waals surface area contributed by atoms with Gasteiger partial charge in [0.05, 0.1) is 20.8 Å². The number of aliphatic hydroxyl groups excluding tert-OH is 1. The molecule has 4 heteroatoms. The van der Waals surface area contributed by atoms with E-state index in [4.69, 9.17) is 9.47 Å². The van der Waals surface area contributed by atoms with Crippen LogP contribution in [0.15, 0.2) is 18.2 Å². The van der Waals surface area contributed by atoms with E-state index in [9.17, 15) is 5.11 Å². The minimum Gasteiger partial charge on any atom is -0.493 e. The zero-order valence-electron chi connectivity index (χ0n) is 11.8. The first-order valence-corrected chi connectivity index (χ1v) is 6.84. The number of aliphatic hydroxyl groups is 1. The van der Waals surface area contributed by atoms with E-state index in [1.807, 2.05) is 12.1 Å².